The number of ether oxygens (including phenoxy) is 1. The zero-order valence-corrected chi connectivity index (χ0v) is 15.7. The third kappa shape index (κ3) is 5.59. The first-order chi connectivity index (χ1) is 13.4. The van der Waals surface area contributed by atoms with Gasteiger partial charge in [0.15, 0.2) is 0 Å². The number of carbonyl (C=O) groups is 1. The van der Waals surface area contributed by atoms with Crippen molar-refractivity contribution in [3.8, 4) is 0 Å². The Hall–Kier alpha value is -2.33. The number of anilines is 1. The van der Waals surface area contributed by atoms with Crippen molar-refractivity contribution in [3.05, 3.63) is 47.8 Å². The van der Waals surface area contributed by atoms with Crippen LogP contribution in [0, 0.1) is 0 Å². The molecule has 150 valence electrons. The molecule has 10 heteroatoms. The Morgan fingerprint density at radius 1 is 1.21 bits per heavy atom. The lowest BCUT2D eigenvalue weighted by Crippen LogP contribution is -2.38. The molecule has 0 radical (unpaired) electrons. The lowest BCUT2D eigenvalue weighted by molar-refractivity contribution is -0.137. The molecule has 1 fully saturated rings. The molecule has 0 bridgehead atoms. The number of amides is 1. The monoisotopic (exact) mass is 412 g/mol. The fourth-order valence-electron chi connectivity index (χ4n) is 2.65. The highest BCUT2D eigenvalue weighted by molar-refractivity contribution is 7.99. The molecule has 6 nitrogen and oxygen atoms in total. The maximum atomic E-state index is 12.5. The molecule has 0 atom stereocenters. The largest absolute Gasteiger partial charge is 0.417 e. The van der Waals surface area contributed by atoms with Crippen molar-refractivity contribution in [1.29, 1.82) is 0 Å². The number of alkyl halides is 3. The van der Waals surface area contributed by atoms with Crippen molar-refractivity contribution < 1.29 is 22.7 Å². The molecule has 1 N–H and O–H groups in total. The Morgan fingerprint density at radius 2 is 2.00 bits per heavy atom. The van der Waals surface area contributed by atoms with Gasteiger partial charge in [0.1, 0.15) is 5.82 Å². The maximum absolute atomic E-state index is 12.5. The molecular weight excluding hydrogens is 393 g/mol. The van der Waals surface area contributed by atoms with Gasteiger partial charge in [0.2, 0.25) is 5.91 Å². The van der Waals surface area contributed by atoms with E-state index in [4.69, 9.17) is 4.74 Å². The van der Waals surface area contributed by atoms with Gasteiger partial charge in [-0.2, -0.15) is 13.2 Å². The van der Waals surface area contributed by atoms with Gasteiger partial charge in [-0.3, -0.25) is 4.79 Å². The van der Waals surface area contributed by atoms with Gasteiger partial charge in [0.05, 0.1) is 29.6 Å². The van der Waals surface area contributed by atoms with Crippen LogP contribution >= 0.6 is 11.8 Å². The number of halogens is 3. The van der Waals surface area contributed by atoms with Gasteiger partial charge in [0, 0.05) is 37.6 Å². The summed E-state index contributed by atoms with van der Waals surface area (Å²) in [5.41, 5.74) is 0.0870. The fourth-order valence-corrected chi connectivity index (χ4v) is 3.32. The van der Waals surface area contributed by atoms with Gasteiger partial charge in [-0.1, -0.05) is 17.8 Å². The summed E-state index contributed by atoms with van der Waals surface area (Å²) in [5.74, 6) is 0.651. The Labute approximate surface area is 164 Å². The number of hydrogen-bond donors (Lipinski definition) is 1. The standard InChI is InChI=1S/C18H19F3N4O2S/c19-18(20,21)14-3-4-16(24-11-14)28-12-15(26)23-10-13-2-1-5-22-17(13)25-6-8-27-9-7-25/h1-5,11H,6-10,12H2,(H,23,26). The molecule has 0 spiro atoms. The van der Waals surface area contributed by atoms with E-state index in [0.717, 1.165) is 48.5 Å². The van der Waals surface area contributed by atoms with E-state index in [-0.39, 0.29) is 11.7 Å². The fraction of sp³-hybridized carbons (Fsp3) is 0.389. The molecule has 1 amide bonds. The number of morpholine rings is 1. The number of pyridine rings is 2. The summed E-state index contributed by atoms with van der Waals surface area (Å²) < 4.78 is 43.0. The number of carbonyl (C=O) groups excluding carboxylic acids is 1. The van der Waals surface area contributed by atoms with Crippen LogP contribution in [0.25, 0.3) is 0 Å². The van der Waals surface area contributed by atoms with Crippen molar-refractivity contribution in [3.63, 3.8) is 0 Å². The van der Waals surface area contributed by atoms with Crippen LogP contribution in [-0.2, 0) is 22.3 Å². The summed E-state index contributed by atoms with van der Waals surface area (Å²) in [6.45, 7) is 3.08. The van der Waals surface area contributed by atoms with Gasteiger partial charge in [-0.05, 0) is 18.2 Å². The number of thioether (sulfide) groups is 1. The average Bonchev–Trinajstić information content (AvgIpc) is 2.71. The van der Waals surface area contributed by atoms with Crippen LogP contribution in [0.15, 0.2) is 41.7 Å². The van der Waals surface area contributed by atoms with E-state index >= 15 is 0 Å². The SMILES string of the molecule is O=C(CSc1ccc(C(F)(F)F)cn1)NCc1cccnc1N1CCOCC1. The van der Waals surface area contributed by atoms with E-state index < -0.39 is 11.7 Å². The third-order valence-corrected chi connectivity index (χ3v) is 5.01. The Morgan fingerprint density at radius 3 is 2.68 bits per heavy atom. The van der Waals surface area contributed by atoms with Gasteiger partial charge in [0.25, 0.3) is 0 Å². The minimum atomic E-state index is -4.42. The second-order valence-corrected chi connectivity index (χ2v) is 7.03. The summed E-state index contributed by atoms with van der Waals surface area (Å²) in [4.78, 5) is 22.4. The molecule has 2 aromatic heterocycles. The van der Waals surface area contributed by atoms with E-state index in [9.17, 15) is 18.0 Å². The first kappa shape index (κ1) is 20.4. The molecule has 0 aliphatic carbocycles. The molecule has 0 unspecified atom stereocenters. The highest BCUT2D eigenvalue weighted by Crippen LogP contribution is 2.29. The van der Waals surface area contributed by atoms with Gasteiger partial charge in [-0.15, -0.1) is 0 Å². The van der Waals surface area contributed by atoms with Gasteiger partial charge >= 0.3 is 6.18 Å². The van der Waals surface area contributed by atoms with E-state index in [1.165, 1.54) is 6.07 Å². The molecule has 3 rings (SSSR count). The minimum Gasteiger partial charge on any atom is -0.378 e. The van der Waals surface area contributed by atoms with Crippen LogP contribution in [-0.4, -0.2) is 47.9 Å². The summed E-state index contributed by atoms with van der Waals surface area (Å²) in [7, 11) is 0. The number of nitrogens with one attached hydrogen (secondary N) is 1. The number of hydrogen-bond acceptors (Lipinski definition) is 6. The molecule has 0 saturated carbocycles. The first-order valence-corrected chi connectivity index (χ1v) is 9.61. The number of nitrogens with zero attached hydrogens (tertiary/aromatic N) is 3. The molecule has 2 aromatic rings. The van der Waals surface area contributed by atoms with Crippen molar-refractivity contribution >= 4 is 23.5 Å². The maximum Gasteiger partial charge on any atom is 0.417 e. The van der Waals surface area contributed by atoms with Crippen LogP contribution in [0.3, 0.4) is 0 Å². The first-order valence-electron chi connectivity index (χ1n) is 8.63. The van der Waals surface area contributed by atoms with Gasteiger partial charge < -0.3 is 15.0 Å². The Balaban J connectivity index is 1.51. The highest BCUT2D eigenvalue weighted by Gasteiger charge is 2.30. The zero-order chi connectivity index (χ0) is 20.0. The molecule has 28 heavy (non-hydrogen) atoms. The van der Waals surface area contributed by atoms with Crippen LogP contribution in [0.1, 0.15) is 11.1 Å². The van der Waals surface area contributed by atoms with Crippen LogP contribution in [0.4, 0.5) is 19.0 Å². The second-order valence-electron chi connectivity index (χ2n) is 6.03. The summed E-state index contributed by atoms with van der Waals surface area (Å²) >= 11 is 1.08. The summed E-state index contributed by atoms with van der Waals surface area (Å²) in [6, 6.07) is 5.94. The lowest BCUT2D eigenvalue weighted by atomic mass is 10.2. The smallest absolute Gasteiger partial charge is 0.378 e. The van der Waals surface area contributed by atoms with E-state index in [2.05, 4.69) is 20.2 Å². The van der Waals surface area contributed by atoms with Crippen molar-refractivity contribution in [1.82, 2.24) is 15.3 Å². The minimum absolute atomic E-state index is 0.0610. The van der Waals surface area contributed by atoms with Crippen molar-refractivity contribution in [2.24, 2.45) is 0 Å². The van der Waals surface area contributed by atoms with Gasteiger partial charge in [-0.25, -0.2) is 9.97 Å². The summed E-state index contributed by atoms with van der Waals surface area (Å²) in [5, 5.41) is 3.18. The predicted molar refractivity (Wildman–Crippen MR) is 99.1 cm³/mol. The van der Waals surface area contributed by atoms with E-state index in [1.807, 2.05) is 12.1 Å². The molecule has 1 aliphatic heterocycles. The zero-order valence-electron chi connectivity index (χ0n) is 14.9. The molecular formula is C18H19F3N4O2S. The van der Waals surface area contributed by atoms with Crippen LogP contribution < -0.4 is 10.2 Å². The second kappa shape index (κ2) is 9.24. The van der Waals surface area contributed by atoms with Crippen molar-refractivity contribution in [2.45, 2.75) is 17.7 Å². The van der Waals surface area contributed by atoms with E-state index in [0.29, 0.717) is 24.8 Å². The average molecular weight is 412 g/mol. The van der Waals surface area contributed by atoms with Crippen LogP contribution in [0.5, 0.6) is 0 Å². The molecule has 0 aromatic carbocycles. The lowest BCUT2D eigenvalue weighted by Gasteiger charge is -2.29. The normalized spacial score (nSPS) is 14.8. The molecule has 1 saturated heterocycles. The topological polar surface area (TPSA) is 67.4 Å². The Bertz CT molecular complexity index is 796. The van der Waals surface area contributed by atoms with Crippen LogP contribution in [0.2, 0.25) is 0 Å². The summed E-state index contributed by atoms with van der Waals surface area (Å²) in [6.07, 6.45) is -1.94. The molecule has 3 heterocycles. The van der Waals surface area contributed by atoms with E-state index in [1.54, 1.807) is 6.20 Å². The van der Waals surface area contributed by atoms with Crippen molar-refractivity contribution in [2.75, 3.05) is 37.0 Å². The number of aromatic nitrogens is 2. The highest BCUT2D eigenvalue weighted by atomic mass is 32.2. The molecule has 1 aliphatic rings. The predicted octanol–water partition coefficient (Wildman–Crippen LogP) is 2.74. The number of rotatable bonds is 6. The quantitative estimate of drug-likeness (QED) is 0.736. The Kier molecular flexibility index (Phi) is 6.74. The third-order valence-electron chi connectivity index (χ3n) is 4.07.